The molecule has 162 valence electrons. The number of anilines is 1. The molecule has 0 unspecified atom stereocenters. The van der Waals surface area contributed by atoms with Crippen molar-refractivity contribution in [1.29, 1.82) is 0 Å². The molecule has 0 atom stereocenters. The van der Waals surface area contributed by atoms with E-state index in [4.69, 9.17) is 0 Å². The lowest BCUT2D eigenvalue weighted by Crippen LogP contribution is -2.31. The van der Waals surface area contributed by atoms with Gasteiger partial charge in [0.1, 0.15) is 4.88 Å². The van der Waals surface area contributed by atoms with Crippen molar-refractivity contribution in [3.05, 3.63) is 63.9 Å². The first-order valence-electron chi connectivity index (χ1n) is 9.55. The van der Waals surface area contributed by atoms with Crippen molar-refractivity contribution in [2.45, 2.75) is 20.0 Å². The van der Waals surface area contributed by atoms with Crippen molar-refractivity contribution in [3.8, 4) is 0 Å². The summed E-state index contributed by atoms with van der Waals surface area (Å²) in [7, 11) is 1.80. The van der Waals surface area contributed by atoms with Crippen LogP contribution in [0.4, 0.5) is 18.7 Å². The Morgan fingerprint density at radius 2 is 2.03 bits per heavy atom. The second-order valence-corrected chi connectivity index (χ2v) is 8.20. The van der Waals surface area contributed by atoms with E-state index < -0.39 is 11.6 Å². The Morgan fingerprint density at radius 1 is 1.23 bits per heavy atom. The summed E-state index contributed by atoms with van der Waals surface area (Å²) in [6, 6.07) is 3.29. The van der Waals surface area contributed by atoms with E-state index in [9.17, 15) is 18.4 Å². The quantitative estimate of drug-likeness (QED) is 0.631. The Balaban J connectivity index is 1.42. The molecule has 1 fully saturated rings. The molecule has 8 nitrogen and oxygen atoms in total. The van der Waals surface area contributed by atoms with Crippen LogP contribution in [0.15, 0.2) is 30.6 Å². The molecule has 1 N–H and O–H groups in total. The average Bonchev–Trinajstić information content (AvgIpc) is 3.42. The minimum Gasteiger partial charge on any atom is -0.347 e. The summed E-state index contributed by atoms with van der Waals surface area (Å²) in [6.07, 6.45) is 3.49. The maximum Gasteiger partial charge on any atom is 0.326 e. The fraction of sp³-hybridized carbons (Fsp3) is 0.300. The molecule has 3 aromatic rings. The lowest BCUT2D eigenvalue weighted by atomic mass is 10.2. The van der Waals surface area contributed by atoms with E-state index in [1.54, 1.807) is 24.9 Å². The fourth-order valence-corrected chi connectivity index (χ4v) is 4.30. The highest BCUT2D eigenvalue weighted by Crippen LogP contribution is 2.29. The minimum atomic E-state index is -0.946. The number of hydrogen-bond acceptors (Lipinski definition) is 5. The third-order valence-electron chi connectivity index (χ3n) is 4.89. The summed E-state index contributed by atoms with van der Waals surface area (Å²) in [5.74, 6) is -2.14. The van der Waals surface area contributed by atoms with Crippen LogP contribution in [-0.4, -0.2) is 44.7 Å². The molecule has 11 heteroatoms. The maximum atomic E-state index is 13.4. The number of benzene rings is 1. The largest absolute Gasteiger partial charge is 0.347 e. The van der Waals surface area contributed by atoms with Crippen molar-refractivity contribution in [3.63, 3.8) is 0 Å². The topological polar surface area (TPSA) is 83.4 Å². The van der Waals surface area contributed by atoms with Crippen LogP contribution in [0.25, 0.3) is 0 Å². The predicted octanol–water partition coefficient (Wildman–Crippen LogP) is 2.84. The van der Waals surface area contributed by atoms with Crippen LogP contribution in [0.1, 0.15) is 26.5 Å². The number of carbonyl (C=O) groups is 2. The number of amides is 3. The lowest BCUT2D eigenvalue weighted by molar-refractivity contribution is 0.0954. The van der Waals surface area contributed by atoms with Gasteiger partial charge in [0, 0.05) is 45.0 Å². The van der Waals surface area contributed by atoms with Crippen molar-refractivity contribution >= 4 is 28.4 Å². The molecule has 0 saturated carbocycles. The van der Waals surface area contributed by atoms with Gasteiger partial charge in [-0.15, -0.1) is 0 Å². The van der Waals surface area contributed by atoms with Crippen LogP contribution in [0, 0.1) is 18.6 Å². The molecule has 2 aromatic heterocycles. The number of nitrogens with zero attached hydrogens (tertiary/aromatic N) is 5. The zero-order valence-corrected chi connectivity index (χ0v) is 17.7. The van der Waals surface area contributed by atoms with Crippen LogP contribution in [-0.2, 0) is 20.1 Å². The molecule has 3 heterocycles. The molecule has 1 aliphatic heterocycles. The van der Waals surface area contributed by atoms with Crippen LogP contribution in [0.3, 0.4) is 0 Å². The summed E-state index contributed by atoms with van der Waals surface area (Å²) >= 11 is 1.15. The summed E-state index contributed by atoms with van der Waals surface area (Å²) in [5, 5.41) is 7.33. The van der Waals surface area contributed by atoms with Crippen molar-refractivity contribution in [2.75, 3.05) is 18.0 Å². The van der Waals surface area contributed by atoms with E-state index in [1.807, 2.05) is 6.20 Å². The van der Waals surface area contributed by atoms with Crippen molar-refractivity contribution in [2.24, 2.45) is 7.05 Å². The Hall–Kier alpha value is -3.34. The molecule has 0 aliphatic carbocycles. The Labute approximate surface area is 181 Å². The van der Waals surface area contributed by atoms with E-state index in [0.717, 1.165) is 29.0 Å². The number of hydrogen-bond donors (Lipinski definition) is 1. The molecule has 1 aromatic carbocycles. The summed E-state index contributed by atoms with van der Waals surface area (Å²) in [5.41, 5.74) is 1.91. The molecule has 31 heavy (non-hydrogen) atoms. The third-order valence-corrected chi connectivity index (χ3v) is 6.07. The van der Waals surface area contributed by atoms with Gasteiger partial charge in [-0.05, 0) is 24.6 Å². The second kappa shape index (κ2) is 8.42. The van der Waals surface area contributed by atoms with Gasteiger partial charge in [-0.3, -0.25) is 14.4 Å². The van der Waals surface area contributed by atoms with E-state index in [0.29, 0.717) is 40.9 Å². The molecule has 1 aliphatic rings. The van der Waals surface area contributed by atoms with Gasteiger partial charge >= 0.3 is 6.03 Å². The summed E-state index contributed by atoms with van der Waals surface area (Å²) in [6.45, 7) is 3.03. The standard InChI is InChI=1S/C20H20F2N6O2S/c1-12-17(18(29)23-8-14-9-24-26(2)10-14)31-19(25-12)28-6-5-27(20(28)30)11-13-3-4-15(21)16(22)7-13/h3-4,7,9-10H,5-6,8,11H2,1-2H3,(H,23,29). The Kier molecular flexibility index (Phi) is 5.68. The maximum absolute atomic E-state index is 13.4. The number of carbonyl (C=O) groups excluding carboxylic acids is 2. The van der Waals surface area contributed by atoms with E-state index in [1.165, 1.54) is 15.9 Å². The van der Waals surface area contributed by atoms with Gasteiger partial charge in [-0.1, -0.05) is 17.4 Å². The third kappa shape index (κ3) is 4.41. The second-order valence-electron chi connectivity index (χ2n) is 7.22. The summed E-state index contributed by atoms with van der Waals surface area (Å²) in [4.78, 5) is 33.2. The van der Waals surface area contributed by atoms with Gasteiger partial charge < -0.3 is 10.2 Å². The Bertz CT molecular complexity index is 1140. The van der Waals surface area contributed by atoms with Crippen LogP contribution in [0.5, 0.6) is 0 Å². The molecule has 0 radical (unpaired) electrons. The number of aromatic nitrogens is 3. The number of aryl methyl sites for hydroxylation is 2. The monoisotopic (exact) mass is 446 g/mol. The van der Waals surface area contributed by atoms with Crippen LogP contribution >= 0.6 is 11.3 Å². The number of nitrogens with one attached hydrogen (secondary N) is 1. The number of thiazole rings is 1. The molecule has 1 saturated heterocycles. The van der Waals surface area contributed by atoms with Gasteiger partial charge in [0.2, 0.25) is 0 Å². The lowest BCUT2D eigenvalue weighted by Gasteiger charge is -2.17. The number of urea groups is 1. The number of rotatable bonds is 6. The normalized spacial score (nSPS) is 13.9. The van der Waals surface area contributed by atoms with E-state index >= 15 is 0 Å². The molecular formula is C20H20F2N6O2S. The molecule has 0 bridgehead atoms. The van der Waals surface area contributed by atoms with Gasteiger partial charge in [0.15, 0.2) is 16.8 Å². The predicted molar refractivity (Wildman–Crippen MR) is 111 cm³/mol. The van der Waals surface area contributed by atoms with Crippen LogP contribution < -0.4 is 10.2 Å². The first kappa shape index (κ1) is 20.9. The van der Waals surface area contributed by atoms with Gasteiger partial charge in [-0.25, -0.2) is 18.6 Å². The molecule has 3 amide bonds. The van der Waals surface area contributed by atoms with E-state index in [2.05, 4.69) is 15.4 Å². The zero-order valence-electron chi connectivity index (χ0n) is 16.9. The smallest absolute Gasteiger partial charge is 0.326 e. The van der Waals surface area contributed by atoms with Gasteiger partial charge in [0.05, 0.1) is 11.9 Å². The van der Waals surface area contributed by atoms with E-state index in [-0.39, 0.29) is 18.5 Å². The Morgan fingerprint density at radius 3 is 2.74 bits per heavy atom. The van der Waals surface area contributed by atoms with Gasteiger partial charge in [-0.2, -0.15) is 5.10 Å². The highest BCUT2D eigenvalue weighted by atomic mass is 32.1. The minimum absolute atomic E-state index is 0.162. The van der Waals surface area contributed by atoms with Crippen molar-refractivity contribution < 1.29 is 18.4 Å². The average molecular weight is 446 g/mol. The molecule has 4 rings (SSSR count). The zero-order chi connectivity index (χ0) is 22.1. The SMILES string of the molecule is Cc1nc(N2CCN(Cc3ccc(F)c(F)c3)C2=O)sc1C(=O)NCc1cnn(C)c1. The highest BCUT2D eigenvalue weighted by molar-refractivity contribution is 7.17. The van der Waals surface area contributed by atoms with Crippen molar-refractivity contribution in [1.82, 2.24) is 25.0 Å². The first-order chi connectivity index (χ1) is 14.8. The van der Waals surface area contributed by atoms with Gasteiger partial charge in [0.25, 0.3) is 5.91 Å². The highest BCUT2D eigenvalue weighted by Gasteiger charge is 2.32. The molecule has 0 spiro atoms. The fourth-order valence-electron chi connectivity index (χ4n) is 3.30. The molecular weight excluding hydrogens is 426 g/mol. The summed E-state index contributed by atoms with van der Waals surface area (Å²) < 4.78 is 28.2. The number of halogens is 2. The first-order valence-corrected chi connectivity index (χ1v) is 10.4. The van der Waals surface area contributed by atoms with Crippen LogP contribution in [0.2, 0.25) is 0 Å².